The molecule has 3 heterocycles. The van der Waals surface area contributed by atoms with Gasteiger partial charge in [-0.15, -0.1) is 0 Å². The minimum Gasteiger partial charge on any atom is -0.356 e. The molecule has 0 spiro atoms. The predicted molar refractivity (Wildman–Crippen MR) is 130 cm³/mol. The Morgan fingerprint density at radius 1 is 1.00 bits per heavy atom. The quantitative estimate of drug-likeness (QED) is 0.415. The fourth-order valence-corrected chi connectivity index (χ4v) is 5.18. The number of hydrogen-bond acceptors (Lipinski definition) is 3. The van der Waals surface area contributed by atoms with Crippen LogP contribution < -0.4 is 10.2 Å². The maximum Gasteiger partial charge on any atom is 0.332 e. The lowest BCUT2D eigenvalue weighted by Gasteiger charge is -2.33. The minimum atomic E-state index is -0.655. The lowest BCUT2D eigenvalue weighted by Crippen LogP contribution is -2.42. The Bertz CT molecular complexity index is 1510. The summed E-state index contributed by atoms with van der Waals surface area (Å²) in [7, 11) is 0. The number of anilines is 2. The molecule has 2 unspecified atom stereocenters. The molecule has 4 aromatic rings. The Balaban J connectivity index is 1.35. The molecule has 6 rings (SSSR count). The van der Waals surface area contributed by atoms with Gasteiger partial charge in [0, 0.05) is 28.7 Å². The highest BCUT2D eigenvalue weighted by Crippen LogP contribution is 2.42. The molecule has 1 saturated heterocycles. The van der Waals surface area contributed by atoms with Gasteiger partial charge in [-0.1, -0.05) is 30.3 Å². The lowest BCUT2D eigenvalue weighted by molar-refractivity contribution is -0.120. The predicted octanol–water partition coefficient (Wildman–Crippen LogP) is 5.01. The first-order chi connectivity index (χ1) is 16.9. The molecule has 8 heteroatoms. The van der Waals surface area contributed by atoms with E-state index in [2.05, 4.69) is 10.3 Å². The number of nitrogens with one attached hydrogen (secondary N) is 2. The second kappa shape index (κ2) is 7.80. The van der Waals surface area contributed by atoms with Gasteiger partial charge in [0.15, 0.2) is 0 Å². The van der Waals surface area contributed by atoms with Crippen molar-refractivity contribution in [2.75, 3.05) is 10.2 Å². The van der Waals surface area contributed by atoms with Crippen LogP contribution >= 0.6 is 0 Å². The number of carbonyl (C=O) groups is 3. The van der Waals surface area contributed by atoms with E-state index >= 15 is 0 Å². The zero-order chi connectivity index (χ0) is 24.3. The van der Waals surface area contributed by atoms with Crippen LogP contribution in [0.3, 0.4) is 0 Å². The summed E-state index contributed by atoms with van der Waals surface area (Å²) in [6, 6.07) is 18.3. The smallest absolute Gasteiger partial charge is 0.332 e. The first-order valence-electron chi connectivity index (χ1n) is 11.4. The molecule has 4 amide bonds. The van der Waals surface area contributed by atoms with E-state index in [1.807, 2.05) is 31.2 Å². The van der Waals surface area contributed by atoms with E-state index in [0.717, 1.165) is 27.1 Å². The number of halogens is 1. The summed E-state index contributed by atoms with van der Waals surface area (Å²) >= 11 is 0. The minimum absolute atomic E-state index is 0.176. The van der Waals surface area contributed by atoms with Crippen molar-refractivity contribution in [2.45, 2.75) is 25.4 Å². The molecule has 0 saturated carbocycles. The highest BCUT2D eigenvalue weighted by Gasteiger charge is 2.52. The number of amides is 4. The van der Waals surface area contributed by atoms with Gasteiger partial charge in [-0.05, 0) is 55.0 Å². The number of H-pyrrole nitrogens is 1. The topological polar surface area (TPSA) is 85.5 Å². The largest absolute Gasteiger partial charge is 0.356 e. The Morgan fingerprint density at radius 3 is 2.51 bits per heavy atom. The maximum atomic E-state index is 13.6. The second-order valence-corrected chi connectivity index (χ2v) is 8.80. The average molecular weight is 468 g/mol. The van der Waals surface area contributed by atoms with Gasteiger partial charge in [-0.2, -0.15) is 0 Å². The van der Waals surface area contributed by atoms with Crippen molar-refractivity contribution < 1.29 is 18.8 Å². The van der Waals surface area contributed by atoms with Gasteiger partial charge in [-0.25, -0.2) is 14.1 Å². The second-order valence-electron chi connectivity index (χ2n) is 8.80. The Morgan fingerprint density at radius 2 is 1.71 bits per heavy atom. The van der Waals surface area contributed by atoms with Crippen LogP contribution in [-0.4, -0.2) is 33.8 Å². The van der Waals surface area contributed by atoms with Crippen molar-refractivity contribution in [3.05, 3.63) is 95.4 Å². The van der Waals surface area contributed by atoms with Gasteiger partial charge >= 0.3 is 6.03 Å². The van der Waals surface area contributed by atoms with Gasteiger partial charge in [0.1, 0.15) is 11.9 Å². The van der Waals surface area contributed by atoms with Crippen LogP contribution in [0.15, 0.2) is 72.8 Å². The monoisotopic (exact) mass is 468 g/mol. The van der Waals surface area contributed by atoms with Gasteiger partial charge in [0.05, 0.1) is 17.3 Å². The fourth-order valence-electron chi connectivity index (χ4n) is 5.18. The molecule has 0 radical (unpaired) electrons. The lowest BCUT2D eigenvalue weighted by atomic mass is 9.93. The molecule has 0 bridgehead atoms. The van der Waals surface area contributed by atoms with Crippen molar-refractivity contribution in [1.82, 2.24) is 9.88 Å². The zero-order valence-electron chi connectivity index (χ0n) is 18.8. The van der Waals surface area contributed by atoms with Crippen LogP contribution in [0.2, 0.25) is 0 Å². The van der Waals surface area contributed by atoms with E-state index in [1.54, 1.807) is 29.2 Å². The molecule has 2 N–H and O–H groups in total. The molecule has 2 atom stereocenters. The normalized spacial score (nSPS) is 19.1. The van der Waals surface area contributed by atoms with Crippen molar-refractivity contribution >= 4 is 40.1 Å². The standard InChI is InChI=1S/C27H21FN4O3/c1-15-24-20(18-6-2-4-8-21(18)30-24)14-23-26(34)32(27(35)31(15)23)22-9-5-3-7-19(22)25(33)29-17-12-10-16(28)11-13-17/h2-13,15,23,30H,14H2,1H3,(H,29,33). The number of nitrogens with zero attached hydrogens (tertiary/aromatic N) is 2. The van der Waals surface area contributed by atoms with Crippen molar-refractivity contribution in [1.29, 1.82) is 0 Å². The summed E-state index contributed by atoms with van der Waals surface area (Å²) < 4.78 is 13.2. The number of rotatable bonds is 3. The van der Waals surface area contributed by atoms with Crippen LogP contribution in [-0.2, 0) is 11.2 Å². The van der Waals surface area contributed by atoms with E-state index in [0.29, 0.717) is 12.1 Å². The summed E-state index contributed by atoms with van der Waals surface area (Å²) in [5.41, 5.74) is 3.74. The number of urea groups is 1. The molecule has 3 aromatic carbocycles. The van der Waals surface area contributed by atoms with Gasteiger partial charge in [-0.3, -0.25) is 9.59 Å². The third-order valence-electron chi connectivity index (χ3n) is 6.82. The number of benzene rings is 3. The molecular weight excluding hydrogens is 447 g/mol. The number of aromatic amines is 1. The SMILES string of the molecule is CC1c2[nH]c3ccccc3c2CC2C(=O)N(c3ccccc3C(=O)Nc3ccc(F)cc3)C(=O)N21. The first kappa shape index (κ1) is 21.1. The maximum absolute atomic E-state index is 13.6. The van der Waals surface area contributed by atoms with Crippen LogP contribution in [0.25, 0.3) is 10.9 Å². The van der Waals surface area contributed by atoms with Crippen molar-refractivity contribution in [2.24, 2.45) is 0 Å². The number of imide groups is 1. The number of hydrogen-bond donors (Lipinski definition) is 2. The van der Waals surface area contributed by atoms with E-state index in [4.69, 9.17) is 0 Å². The highest BCUT2D eigenvalue weighted by atomic mass is 19.1. The summed E-state index contributed by atoms with van der Waals surface area (Å²) in [6.45, 7) is 1.90. The van der Waals surface area contributed by atoms with E-state index in [-0.39, 0.29) is 23.2 Å². The average Bonchev–Trinajstić information content (AvgIpc) is 3.36. The van der Waals surface area contributed by atoms with Gasteiger partial charge in [0.25, 0.3) is 11.8 Å². The molecular formula is C27H21FN4O3. The van der Waals surface area contributed by atoms with Crippen LogP contribution in [0.1, 0.15) is 34.6 Å². The van der Waals surface area contributed by atoms with Gasteiger partial charge < -0.3 is 15.2 Å². The number of carbonyl (C=O) groups excluding carboxylic acids is 3. The van der Waals surface area contributed by atoms with Crippen LogP contribution in [0.4, 0.5) is 20.6 Å². The van der Waals surface area contributed by atoms with Crippen molar-refractivity contribution in [3.8, 4) is 0 Å². The van der Waals surface area contributed by atoms with Gasteiger partial charge in [0.2, 0.25) is 0 Å². The van der Waals surface area contributed by atoms with E-state index in [1.165, 1.54) is 24.3 Å². The summed E-state index contributed by atoms with van der Waals surface area (Å²) in [6.07, 6.45) is 0.398. The zero-order valence-corrected chi connectivity index (χ0v) is 18.8. The Kier molecular flexibility index (Phi) is 4.70. The molecule has 35 heavy (non-hydrogen) atoms. The number of aromatic nitrogens is 1. The molecule has 1 aromatic heterocycles. The summed E-state index contributed by atoms with van der Waals surface area (Å²) in [5, 5.41) is 3.76. The fraction of sp³-hybridized carbons (Fsp3) is 0.148. The molecule has 174 valence electrons. The highest BCUT2D eigenvalue weighted by molar-refractivity contribution is 6.24. The number of fused-ring (bicyclic) bond motifs is 4. The third-order valence-corrected chi connectivity index (χ3v) is 6.82. The molecule has 2 aliphatic rings. The molecule has 0 aliphatic carbocycles. The van der Waals surface area contributed by atoms with E-state index in [9.17, 15) is 18.8 Å². The van der Waals surface area contributed by atoms with Crippen LogP contribution in [0, 0.1) is 5.82 Å². The first-order valence-corrected chi connectivity index (χ1v) is 11.4. The number of para-hydroxylation sites is 2. The summed E-state index contributed by atoms with van der Waals surface area (Å²) in [5.74, 6) is -1.28. The van der Waals surface area contributed by atoms with E-state index < -0.39 is 23.8 Å². The Hall–Kier alpha value is -4.46. The Labute approximate surface area is 200 Å². The molecule has 7 nitrogen and oxygen atoms in total. The van der Waals surface area contributed by atoms with Crippen LogP contribution in [0.5, 0.6) is 0 Å². The van der Waals surface area contributed by atoms with Crippen molar-refractivity contribution in [3.63, 3.8) is 0 Å². The summed E-state index contributed by atoms with van der Waals surface area (Å²) in [4.78, 5) is 46.4. The third kappa shape index (κ3) is 3.21. The molecule has 1 fully saturated rings. The molecule has 2 aliphatic heterocycles.